The van der Waals surface area contributed by atoms with Gasteiger partial charge in [0, 0.05) is 25.2 Å². The average molecular weight is 447 g/mol. The van der Waals surface area contributed by atoms with Gasteiger partial charge < -0.3 is 10.4 Å². The minimum absolute atomic E-state index is 0.200. The summed E-state index contributed by atoms with van der Waals surface area (Å²) >= 11 is 1.53. The van der Waals surface area contributed by atoms with E-state index >= 15 is 0 Å². The van der Waals surface area contributed by atoms with Crippen LogP contribution in [-0.4, -0.2) is 61.1 Å². The zero-order valence-corrected chi connectivity index (χ0v) is 17.8. The molecule has 3 aromatic rings. The first kappa shape index (κ1) is 20.6. The Morgan fingerprint density at radius 2 is 1.90 bits per heavy atom. The Morgan fingerprint density at radius 1 is 1.13 bits per heavy atom. The standard InChI is InChI=1S/C21H24F2N6OS/c22-21(23)11-29(12-21)10-15-8-14(9-18-28-17-2-1-7-24-19(17)31-18)26-20(27-15)25-13-3-5-16(30)6-4-13/h1-2,7-8,13,16,30H,3-6,9-12H2,(H,25,26,27). The zero-order chi connectivity index (χ0) is 21.4. The molecule has 3 aromatic heterocycles. The highest BCUT2D eigenvalue weighted by Gasteiger charge is 2.43. The Labute approximate surface area is 182 Å². The molecule has 0 atom stereocenters. The monoisotopic (exact) mass is 446 g/mol. The van der Waals surface area contributed by atoms with Crippen molar-refractivity contribution >= 4 is 27.6 Å². The first-order valence-corrected chi connectivity index (χ1v) is 11.4. The fourth-order valence-electron chi connectivity index (χ4n) is 4.19. The number of alkyl halides is 2. The molecule has 7 nitrogen and oxygen atoms in total. The van der Waals surface area contributed by atoms with Crippen LogP contribution in [0.3, 0.4) is 0 Å². The van der Waals surface area contributed by atoms with Gasteiger partial charge in [-0.3, -0.25) is 4.90 Å². The quantitative estimate of drug-likeness (QED) is 0.601. The molecule has 2 aliphatic rings. The molecule has 0 radical (unpaired) electrons. The van der Waals surface area contributed by atoms with E-state index in [-0.39, 0.29) is 25.2 Å². The van der Waals surface area contributed by atoms with Gasteiger partial charge in [0.1, 0.15) is 15.4 Å². The number of likely N-dealkylation sites (tertiary alicyclic amines) is 1. The van der Waals surface area contributed by atoms with Gasteiger partial charge in [0.2, 0.25) is 5.95 Å². The second-order valence-corrected chi connectivity index (χ2v) is 9.50. The predicted octanol–water partition coefficient (Wildman–Crippen LogP) is 3.24. The van der Waals surface area contributed by atoms with Gasteiger partial charge in [-0.25, -0.2) is 28.7 Å². The van der Waals surface area contributed by atoms with Gasteiger partial charge in [-0.2, -0.15) is 0 Å². The lowest BCUT2D eigenvalue weighted by atomic mass is 9.93. The lowest BCUT2D eigenvalue weighted by Crippen LogP contribution is -2.55. The third-order valence-electron chi connectivity index (χ3n) is 5.70. The van der Waals surface area contributed by atoms with E-state index in [0.717, 1.165) is 52.4 Å². The topological polar surface area (TPSA) is 87.1 Å². The van der Waals surface area contributed by atoms with Gasteiger partial charge in [-0.1, -0.05) is 11.3 Å². The van der Waals surface area contributed by atoms with E-state index in [1.54, 1.807) is 11.1 Å². The van der Waals surface area contributed by atoms with Gasteiger partial charge in [-0.05, 0) is 43.9 Å². The van der Waals surface area contributed by atoms with Crippen molar-refractivity contribution in [3.05, 3.63) is 40.8 Å². The predicted molar refractivity (Wildman–Crippen MR) is 114 cm³/mol. The molecular weight excluding hydrogens is 422 g/mol. The fraction of sp³-hybridized carbons (Fsp3) is 0.524. The van der Waals surface area contributed by atoms with Crippen molar-refractivity contribution in [1.29, 1.82) is 0 Å². The molecule has 0 bridgehead atoms. The van der Waals surface area contributed by atoms with Crippen LogP contribution in [0.2, 0.25) is 0 Å². The number of hydrogen-bond donors (Lipinski definition) is 2. The highest BCUT2D eigenvalue weighted by molar-refractivity contribution is 7.18. The summed E-state index contributed by atoms with van der Waals surface area (Å²) in [4.78, 5) is 20.8. The summed E-state index contributed by atoms with van der Waals surface area (Å²) in [6.45, 7) is -0.108. The molecule has 10 heteroatoms. The minimum atomic E-state index is -2.60. The number of hydrogen-bond acceptors (Lipinski definition) is 8. The molecular formula is C21H24F2N6OS. The Hall–Kier alpha value is -2.30. The third-order valence-corrected chi connectivity index (χ3v) is 6.68. The molecule has 164 valence electrons. The molecule has 1 aliphatic carbocycles. The molecule has 0 spiro atoms. The van der Waals surface area contributed by atoms with E-state index in [1.165, 1.54) is 11.3 Å². The van der Waals surface area contributed by atoms with Crippen LogP contribution >= 0.6 is 11.3 Å². The Bertz CT molecular complexity index is 1030. The Kier molecular flexibility index (Phi) is 5.53. The highest BCUT2D eigenvalue weighted by Crippen LogP contribution is 2.29. The average Bonchev–Trinajstić information content (AvgIpc) is 3.10. The molecule has 0 amide bonds. The second kappa shape index (κ2) is 8.33. The number of rotatable bonds is 6. The first-order chi connectivity index (χ1) is 14.9. The van der Waals surface area contributed by atoms with Crippen LogP contribution in [0, 0.1) is 0 Å². The third kappa shape index (κ3) is 4.97. The SMILES string of the molecule is OC1CCC(Nc2nc(Cc3nc4cccnc4s3)cc(CN3CC(F)(F)C3)n2)CC1. The van der Waals surface area contributed by atoms with Crippen molar-refractivity contribution < 1.29 is 13.9 Å². The summed E-state index contributed by atoms with van der Waals surface area (Å²) in [6.07, 6.45) is 5.26. The van der Waals surface area contributed by atoms with E-state index in [1.807, 2.05) is 18.2 Å². The zero-order valence-electron chi connectivity index (χ0n) is 17.0. The van der Waals surface area contributed by atoms with E-state index in [2.05, 4.69) is 25.3 Å². The normalized spacial score (nSPS) is 23.6. The van der Waals surface area contributed by atoms with E-state index in [9.17, 15) is 13.9 Å². The van der Waals surface area contributed by atoms with Crippen molar-refractivity contribution in [3.63, 3.8) is 0 Å². The fourth-order valence-corrected chi connectivity index (χ4v) is 5.11. The number of anilines is 1. The summed E-state index contributed by atoms with van der Waals surface area (Å²) in [5.74, 6) is -2.09. The molecule has 1 aliphatic heterocycles. The minimum Gasteiger partial charge on any atom is -0.393 e. The maximum absolute atomic E-state index is 13.3. The van der Waals surface area contributed by atoms with Crippen molar-refractivity contribution in [1.82, 2.24) is 24.8 Å². The van der Waals surface area contributed by atoms with Crippen molar-refractivity contribution in [2.45, 2.75) is 56.7 Å². The summed E-state index contributed by atoms with van der Waals surface area (Å²) in [5.41, 5.74) is 2.38. The molecule has 1 saturated carbocycles. The molecule has 4 heterocycles. The van der Waals surface area contributed by atoms with Crippen molar-refractivity contribution in [2.75, 3.05) is 18.4 Å². The number of thiazole rings is 1. The van der Waals surface area contributed by atoms with E-state index in [0.29, 0.717) is 18.9 Å². The molecule has 2 fully saturated rings. The summed E-state index contributed by atoms with van der Waals surface area (Å²) in [7, 11) is 0. The van der Waals surface area contributed by atoms with E-state index < -0.39 is 5.92 Å². The van der Waals surface area contributed by atoms with Crippen molar-refractivity contribution in [2.24, 2.45) is 0 Å². The molecule has 1 saturated heterocycles. The Balaban J connectivity index is 1.36. The number of aromatic nitrogens is 4. The number of halogens is 2. The number of aliphatic hydroxyl groups excluding tert-OH is 1. The second-order valence-electron chi connectivity index (χ2n) is 8.44. The molecule has 31 heavy (non-hydrogen) atoms. The number of fused-ring (bicyclic) bond motifs is 1. The highest BCUT2D eigenvalue weighted by atomic mass is 32.1. The number of nitrogens with one attached hydrogen (secondary N) is 1. The molecule has 5 rings (SSSR count). The van der Waals surface area contributed by atoms with Gasteiger partial charge in [0.05, 0.1) is 30.6 Å². The number of aliphatic hydroxyl groups is 1. The summed E-state index contributed by atoms with van der Waals surface area (Å²) in [6, 6.07) is 5.88. The van der Waals surface area contributed by atoms with Crippen LogP contribution in [0.1, 0.15) is 42.1 Å². The van der Waals surface area contributed by atoms with Gasteiger partial charge in [-0.15, -0.1) is 0 Å². The van der Waals surface area contributed by atoms with Gasteiger partial charge in [0.25, 0.3) is 5.92 Å². The summed E-state index contributed by atoms with van der Waals surface area (Å²) in [5, 5.41) is 14.0. The molecule has 0 unspecified atom stereocenters. The van der Waals surface area contributed by atoms with Crippen molar-refractivity contribution in [3.8, 4) is 0 Å². The van der Waals surface area contributed by atoms with Gasteiger partial charge in [0.15, 0.2) is 0 Å². The van der Waals surface area contributed by atoms with Crippen LogP contribution in [0.15, 0.2) is 24.4 Å². The first-order valence-electron chi connectivity index (χ1n) is 10.5. The van der Waals surface area contributed by atoms with Gasteiger partial charge >= 0.3 is 0 Å². The lowest BCUT2D eigenvalue weighted by molar-refractivity contribution is -0.134. The summed E-state index contributed by atoms with van der Waals surface area (Å²) < 4.78 is 26.5. The van der Waals surface area contributed by atoms with Crippen LogP contribution in [-0.2, 0) is 13.0 Å². The van der Waals surface area contributed by atoms with Crippen LogP contribution in [0.5, 0.6) is 0 Å². The lowest BCUT2D eigenvalue weighted by Gasteiger charge is -2.38. The molecule has 0 aromatic carbocycles. The maximum Gasteiger partial charge on any atom is 0.272 e. The molecule has 2 N–H and O–H groups in total. The van der Waals surface area contributed by atoms with Crippen LogP contribution in [0.25, 0.3) is 10.3 Å². The maximum atomic E-state index is 13.3. The number of nitrogens with zero attached hydrogens (tertiary/aromatic N) is 5. The largest absolute Gasteiger partial charge is 0.393 e. The van der Waals surface area contributed by atoms with Crippen LogP contribution in [0.4, 0.5) is 14.7 Å². The number of pyridine rings is 1. The Morgan fingerprint density at radius 3 is 2.65 bits per heavy atom. The smallest absolute Gasteiger partial charge is 0.272 e. The van der Waals surface area contributed by atoms with E-state index in [4.69, 9.17) is 0 Å². The van der Waals surface area contributed by atoms with Crippen LogP contribution < -0.4 is 5.32 Å².